The third-order valence-electron chi connectivity index (χ3n) is 4.40. The molecule has 7 heteroatoms. The third-order valence-corrected chi connectivity index (χ3v) is 4.40. The van der Waals surface area contributed by atoms with Crippen LogP contribution < -0.4 is 5.32 Å². The first-order valence-electron chi connectivity index (χ1n) is 7.77. The van der Waals surface area contributed by atoms with E-state index >= 15 is 0 Å². The van der Waals surface area contributed by atoms with Crippen molar-refractivity contribution in [1.82, 2.24) is 15.1 Å². The average Bonchev–Trinajstić information content (AvgIpc) is 2.96. The first-order chi connectivity index (χ1) is 10.1. The topological polar surface area (TPSA) is 55.8 Å². The second-order valence-corrected chi connectivity index (χ2v) is 5.78. The van der Waals surface area contributed by atoms with Crippen LogP contribution in [-0.4, -0.2) is 78.7 Å². The van der Waals surface area contributed by atoms with Gasteiger partial charge in [-0.05, 0) is 45.3 Å². The molecule has 0 aromatic heterocycles. The summed E-state index contributed by atoms with van der Waals surface area (Å²) in [7, 11) is 0. The molecule has 1 amide bonds. The third kappa shape index (κ3) is 4.34. The van der Waals surface area contributed by atoms with Crippen molar-refractivity contribution in [3.8, 4) is 0 Å². The lowest BCUT2D eigenvalue weighted by Crippen LogP contribution is -2.52. The number of aliphatic hydroxyl groups is 1. The summed E-state index contributed by atoms with van der Waals surface area (Å²) in [5.74, 6) is -0.250. The summed E-state index contributed by atoms with van der Waals surface area (Å²) in [4.78, 5) is 15.9. The molecule has 21 heavy (non-hydrogen) atoms. The minimum absolute atomic E-state index is 0.0142. The fraction of sp³-hybridized carbons (Fsp3) is 0.929. The molecule has 2 aliphatic rings. The lowest BCUT2D eigenvalue weighted by Gasteiger charge is -2.37. The van der Waals surface area contributed by atoms with Gasteiger partial charge in [-0.15, -0.1) is 0 Å². The van der Waals surface area contributed by atoms with Gasteiger partial charge in [0.1, 0.15) is 0 Å². The molecular weight excluding hydrogens is 280 g/mol. The monoisotopic (exact) mass is 305 g/mol. The van der Waals surface area contributed by atoms with E-state index < -0.39 is 13.0 Å². The molecule has 2 rings (SSSR count). The Balaban J connectivity index is 2.00. The number of hydrogen-bond donors (Lipinski definition) is 2. The molecule has 2 heterocycles. The van der Waals surface area contributed by atoms with Crippen LogP contribution in [0.2, 0.25) is 0 Å². The van der Waals surface area contributed by atoms with Crippen LogP contribution in [0.3, 0.4) is 0 Å². The van der Waals surface area contributed by atoms with Crippen LogP contribution in [0.5, 0.6) is 0 Å². The van der Waals surface area contributed by atoms with E-state index in [1.54, 1.807) is 0 Å². The van der Waals surface area contributed by atoms with Crippen molar-refractivity contribution in [3.63, 3.8) is 0 Å². The largest absolute Gasteiger partial charge is 0.395 e. The van der Waals surface area contributed by atoms with E-state index in [-0.39, 0.29) is 25.1 Å². The molecule has 2 fully saturated rings. The van der Waals surface area contributed by atoms with Gasteiger partial charge in [0.25, 0.3) is 6.43 Å². The molecule has 2 saturated heterocycles. The van der Waals surface area contributed by atoms with Crippen molar-refractivity contribution in [2.45, 2.75) is 44.2 Å². The van der Waals surface area contributed by atoms with Gasteiger partial charge in [0, 0.05) is 12.6 Å². The fourth-order valence-corrected chi connectivity index (χ4v) is 3.42. The van der Waals surface area contributed by atoms with Gasteiger partial charge in [-0.2, -0.15) is 0 Å². The number of likely N-dealkylation sites (tertiary alicyclic amines) is 1. The highest BCUT2D eigenvalue weighted by molar-refractivity contribution is 5.82. The van der Waals surface area contributed by atoms with Gasteiger partial charge in [-0.1, -0.05) is 0 Å². The fourth-order valence-electron chi connectivity index (χ4n) is 3.42. The molecule has 0 aromatic rings. The van der Waals surface area contributed by atoms with Crippen LogP contribution in [0.25, 0.3) is 0 Å². The number of hydrogen-bond acceptors (Lipinski definition) is 4. The molecule has 0 bridgehead atoms. The summed E-state index contributed by atoms with van der Waals surface area (Å²) in [6.45, 7) is 1.87. The van der Waals surface area contributed by atoms with Gasteiger partial charge >= 0.3 is 0 Å². The van der Waals surface area contributed by atoms with Crippen LogP contribution in [0.4, 0.5) is 8.78 Å². The Bertz CT molecular complexity index is 338. The molecule has 0 saturated carbocycles. The molecule has 0 radical (unpaired) electrons. The van der Waals surface area contributed by atoms with Gasteiger partial charge in [0.05, 0.1) is 19.2 Å². The molecule has 0 spiro atoms. The van der Waals surface area contributed by atoms with E-state index in [2.05, 4.69) is 10.2 Å². The summed E-state index contributed by atoms with van der Waals surface area (Å²) in [5.41, 5.74) is 0. The number of carbonyl (C=O) groups excluding carboxylic acids is 1. The van der Waals surface area contributed by atoms with Crippen molar-refractivity contribution in [2.24, 2.45) is 0 Å². The number of rotatable bonds is 6. The van der Waals surface area contributed by atoms with Crippen LogP contribution in [0.15, 0.2) is 0 Å². The van der Waals surface area contributed by atoms with E-state index in [0.29, 0.717) is 6.04 Å². The normalized spacial score (nSPS) is 24.7. The van der Waals surface area contributed by atoms with Crippen LogP contribution in [0, 0.1) is 0 Å². The van der Waals surface area contributed by atoms with E-state index in [9.17, 15) is 13.6 Å². The van der Waals surface area contributed by atoms with Crippen LogP contribution in [0.1, 0.15) is 25.7 Å². The maximum Gasteiger partial charge on any atom is 0.255 e. The van der Waals surface area contributed by atoms with E-state index in [4.69, 9.17) is 5.11 Å². The second kappa shape index (κ2) is 8.00. The minimum Gasteiger partial charge on any atom is -0.395 e. The second-order valence-electron chi connectivity index (χ2n) is 5.78. The van der Waals surface area contributed by atoms with Crippen molar-refractivity contribution in [3.05, 3.63) is 0 Å². The molecule has 2 N–H and O–H groups in total. The predicted octanol–water partition coefficient (Wildman–Crippen LogP) is 0.289. The Morgan fingerprint density at radius 2 is 2.05 bits per heavy atom. The Morgan fingerprint density at radius 1 is 1.33 bits per heavy atom. The van der Waals surface area contributed by atoms with Gasteiger partial charge in [-0.3, -0.25) is 9.69 Å². The van der Waals surface area contributed by atoms with E-state index in [1.165, 1.54) is 0 Å². The molecule has 1 unspecified atom stereocenters. The molecule has 0 aromatic carbocycles. The zero-order valence-corrected chi connectivity index (χ0v) is 12.3. The molecule has 2 aliphatic heterocycles. The van der Waals surface area contributed by atoms with Crippen LogP contribution >= 0.6 is 0 Å². The zero-order chi connectivity index (χ0) is 15.2. The minimum atomic E-state index is -2.56. The Kier molecular flexibility index (Phi) is 6.32. The number of amides is 1. The highest BCUT2D eigenvalue weighted by Gasteiger charge is 2.38. The summed E-state index contributed by atoms with van der Waals surface area (Å²) < 4.78 is 25.2. The number of halogens is 2. The molecule has 122 valence electrons. The number of piperidine rings is 1. The molecule has 0 aliphatic carbocycles. The molecule has 5 nitrogen and oxygen atoms in total. The highest BCUT2D eigenvalue weighted by atomic mass is 19.3. The molecular formula is C14H25F2N3O2. The Morgan fingerprint density at radius 3 is 2.67 bits per heavy atom. The summed E-state index contributed by atoms with van der Waals surface area (Å²) in [6.07, 6.45) is 1.10. The van der Waals surface area contributed by atoms with Crippen LogP contribution in [-0.2, 0) is 4.79 Å². The summed E-state index contributed by atoms with van der Waals surface area (Å²) >= 11 is 0. The van der Waals surface area contributed by atoms with Gasteiger partial charge < -0.3 is 15.3 Å². The van der Waals surface area contributed by atoms with Crippen molar-refractivity contribution in [2.75, 3.05) is 39.3 Å². The standard InChI is InChI=1S/C14H25F2N3O2/c15-13(16)10-18(8-9-20)14(21)12-2-1-7-19(12)11-3-5-17-6-4-11/h11-13,17,20H,1-10H2. The lowest BCUT2D eigenvalue weighted by atomic mass is 10.0. The predicted molar refractivity (Wildman–Crippen MR) is 75.3 cm³/mol. The first kappa shape index (κ1) is 16.6. The first-order valence-corrected chi connectivity index (χ1v) is 7.77. The lowest BCUT2D eigenvalue weighted by molar-refractivity contribution is -0.139. The number of alkyl halides is 2. The Labute approximate surface area is 124 Å². The number of nitrogens with zero attached hydrogens (tertiary/aromatic N) is 2. The maximum absolute atomic E-state index is 12.6. The smallest absolute Gasteiger partial charge is 0.255 e. The number of nitrogens with one attached hydrogen (secondary N) is 1. The quantitative estimate of drug-likeness (QED) is 0.740. The van der Waals surface area contributed by atoms with Gasteiger partial charge in [0.2, 0.25) is 5.91 Å². The zero-order valence-electron chi connectivity index (χ0n) is 12.3. The number of aliphatic hydroxyl groups excluding tert-OH is 1. The van der Waals surface area contributed by atoms with Gasteiger partial charge in [0.15, 0.2) is 0 Å². The van der Waals surface area contributed by atoms with Crippen molar-refractivity contribution >= 4 is 5.91 Å². The number of carbonyl (C=O) groups is 1. The SMILES string of the molecule is O=C(C1CCCN1C1CCNCC1)N(CCO)CC(F)F. The molecule has 1 atom stereocenters. The maximum atomic E-state index is 12.6. The Hall–Kier alpha value is -0.790. The van der Waals surface area contributed by atoms with Crippen molar-refractivity contribution < 1.29 is 18.7 Å². The van der Waals surface area contributed by atoms with E-state index in [0.717, 1.165) is 50.2 Å². The van der Waals surface area contributed by atoms with Gasteiger partial charge in [-0.25, -0.2) is 8.78 Å². The summed E-state index contributed by atoms with van der Waals surface area (Å²) in [6, 6.07) is 0.0728. The average molecular weight is 305 g/mol. The highest BCUT2D eigenvalue weighted by Crippen LogP contribution is 2.26. The van der Waals surface area contributed by atoms with Crippen molar-refractivity contribution in [1.29, 1.82) is 0 Å². The van der Waals surface area contributed by atoms with E-state index in [1.807, 2.05) is 0 Å². The summed E-state index contributed by atoms with van der Waals surface area (Å²) in [5, 5.41) is 12.3.